The van der Waals surface area contributed by atoms with Gasteiger partial charge in [0.25, 0.3) is 0 Å². The number of para-hydroxylation sites is 1. The number of fused-ring (bicyclic) bond motifs is 1. The Labute approximate surface area is 252 Å². The predicted molar refractivity (Wildman–Crippen MR) is 164 cm³/mol. The van der Waals surface area contributed by atoms with Gasteiger partial charge < -0.3 is 24.5 Å². The van der Waals surface area contributed by atoms with Crippen molar-refractivity contribution in [1.29, 1.82) is 0 Å². The second-order valence-electron chi connectivity index (χ2n) is 11.9. The molecular weight excluding hydrogens is 586 g/mol. The number of rotatable bonds is 13. The van der Waals surface area contributed by atoms with Gasteiger partial charge in [0.05, 0.1) is 30.6 Å². The lowest BCUT2D eigenvalue weighted by Crippen LogP contribution is -2.61. The van der Waals surface area contributed by atoms with Crippen LogP contribution in [0.5, 0.6) is 0 Å². The van der Waals surface area contributed by atoms with Crippen LogP contribution in [0.3, 0.4) is 0 Å². The number of halogens is 1. The third-order valence-corrected chi connectivity index (χ3v) is 9.90. The number of benzene rings is 1. The molecule has 41 heavy (non-hydrogen) atoms. The molecule has 3 heterocycles. The molecule has 8 nitrogen and oxygen atoms in total. The van der Waals surface area contributed by atoms with E-state index in [0.29, 0.717) is 18.7 Å². The number of likely N-dealkylation sites (tertiary alicyclic amines) is 1. The topological polar surface area (TPSA) is 90.4 Å². The molecule has 1 aromatic carbocycles. The van der Waals surface area contributed by atoms with Crippen LogP contribution < -0.4 is 4.90 Å². The molecule has 1 aromatic rings. The zero-order valence-electron chi connectivity index (χ0n) is 24.6. The number of aliphatic hydroxyl groups excluding tert-OH is 1. The Morgan fingerprint density at radius 3 is 2.39 bits per heavy atom. The van der Waals surface area contributed by atoms with Gasteiger partial charge in [-0.2, -0.15) is 0 Å². The summed E-state index contributed by atoms with van der Waals surface area (Å²) < 4.78 is 6.73. The first-order valence-electron chi connectivity index (χ1n) is 14.7. The van der Waals surface area contributed by atoms with Crippen LogP contribution in [0.15, 0.2) is 55.6 Å². The van der Waals surface area contributed by atoms with Gasteiger partial charge in [-0.1, -0.05) is 73.5 Å². The zero-order valence-corrected chi connectivity index (χ0v) is 26.2. The summed E-state index contributed by atoms with van der Waals surface area (Å²) in [5, 5.41) is 10.5. The van der Waals surface area contributed by atoms with Gasteiger partial charge >= 0.3 is 0 Å². The number of carbonyl (C=O) groups is 3. The average Bonchev–Trinajstić information content (AvgIpc) is 3.54. The van der Waals surface area contributed by atoms with Gasteiger partial charge in [0.2, 0.25) is 17.7 Å². The lowest BCUT2D eigenvalue weighted by atomic mass is 9.70. The van der Waals surface area contributed by atoms with Crippen molar-refractivity contribution in [1.82, 2.24) is 9.80 Å². The minimum Gasteiger partial charge on any atom is -0.394 e. The maximum Gasteiger partial charge on any atom is 0.248 e. The smallest absolute Gasteiger partial charge is 0.248 e. The van der Waals surface area contributed by atoms with Crippen molar-refractivity contribution in [2.45, 2.75) is 81.6 Å². The number of alkyl halides is 1. The van der Waals surface area contributed by atoms with Gasteiger partial charge in [-0.05, 0) is 37.8 Å². The highest BCUT2D eigenvalue weighted by atomic mass is 79.9. The van der Waals surface area contributed by atoms with Crippen LogP contribution in [0.4, 0.5) is 5.69 Å². The molecule has 8 atom stereocenters. The molecule has 224 valence electrons. The summed E-state index contributed by atoms with van der Waals surface area (Å²) in [4.78, 5) is 48.3. The van der Waals surface area contributed by atoms with Crippen molar-refractivity contribution in [3.8, 4) is 0 Å². The Hall–Kier alpha value is -2.49. The second kappa shape index (κ2) is 12.8. The summed E-state index contributed by atoms with van der Waals surface area (Å²) in [6.45, 7) is 16.0. The first-order valence-corrected chi connectivity index (χ1v) is 15.6. The molecule has 1 N–H and O–H groups in total. The molecule has 4 unspecified atom stereocenters. The summed E-state index contributed by atoms with van der Waals surface area (Å²) in [6.07, 6.45) is 4.90. The van der Waals surface area contributed by atoms with Crippen molar-refractivity contribution in [2.75, 3.05) is 24.6 Å². The third kappa shape index (κ3) is 5.30. The van der Waals surface area contributed by atoms with Crippen molar-refractivity contribution in [3.63, 3.8) is 0 Å². The van der Waals surface area contributed by atoms with Crippen LogP contribution in [0.25, 0.3) is 0 Å². The Bertz CT molecular complexity index is 1150. The molecule has 0 radical (unpaired) electrons. The van der Waals surface area contributed by atoms with E-state index in [4.69, 9.17) is 4.74 Å². The minimum atomic E-state index is -1.20. The maximum absolute atomic E-state index is 14.6. The number of aliphatic hydroxyl groups is 1. The van der Waals surface area contributed by atoms with Gasteiger partial charge in [-0.3, -0.25) is 14.4 Å². The van der Waals surface area contributed by atoms with Crippen molar-refractivity contribution in [2.24, 2.45) is 17.8 Å². The molecule has 2 bridgehead atoms. The van der Waals surface area contributed by atoms with Gasteiger partial charge in [0.1, 0.15) is 11.6 Å². The Balaban J connectivity index is 1.84. The monoisotopic (exact) mass is 629 g/mol. The largest absolute Gasteiger partial charge is 0.394 e. The summed E-state index contributed by atoms with van der Waals surface area (Å²) in [7, 11) is 0. The average molecular weight is 631 g/mol. The number of carbonyl (C=O) groups excluding carboxylic acids is 3. The Kier molecular flexibility index (Phi) is 9.81. The lowest BCUT2D eigenvalue weighted by Gasteiger charge is -2.42. The van der Waals surface area contributed by atoms with Crippen LogP contribution in [0.2, 0.25) is 0 Å². The van der Waals surface area contributed by atoms with Gasteiger partial charge in [0.15, 0.2) is 0 Å². The van der Waals surface area contributed by atoms with Crippen LogP contribution in [0.1, 0.15) is 47.0 Å². The highest BCUT2D eigenvalue weighted by molar-refractivity contribution is 9.09. The highest BCUT2D eigenvalue weighted by Crippen LogP contribution is 2.61. The fourth-order valence-electron chi connectivity index (χ4n) is 7.20. The summed E-state index contributed by atoms with van der Waals surface area (Å²) in [5.74, 6) is -2.52. The molecule has 3 aliphatic heterocycles. The first kappa shape index (κ1) is 31.4. The second-order valence-corrected chi connectivity index (χ2v) is 13.1. The Morgan fingerprint density at radius 1 is 1.17 bits per heavy atom. The Morgan fingerprint density at radius 2 is 1.83 bits per heavy atom. The fraction of sp³-hybridized carbons (Fsp3) is 0.594. The molecule has 1 spiro atoms. The quantitative estimate of drug-likeness (QED) is 0.261. The SMILES string of the molecule is C=CCN(C(=O)[C@H]1[C@H]2C(=O)N([C@@H](CO)C(C)C)C(C(=O)N(CC=C)C(C)CCC)C23CC(Br)[C@@H]1O3)c1ccccc1. The van der Waals surface area contributed by atoms with Crippen LogP contribution in [-0.4, -0.2) is 87.0 Å². The first-order chi connectivity index (χ1) is 19.6. The molecule has 0 saturated carbocycles. The van der Waals surface area contributed by atoms with E-state index >= 15 is 0 Å². The van der Waals surface area contributed by atoms with Crippen LogP contribution in [-0.2, 0) is 19.1 Å². The summed E-state index contributed by atoms with van der Waals surface area (Å²) in [6, 6.07) is 7.67. The molecular formula is C32H44BrN3O5. The number of hydrogen-bond donors (Lipinski definition) is 1. The van der Waals surface area contributed by atoms with Crippen molar-refractivity contribution in [3.05, 3.63) is 55.6 Å². The van der Waals surface area contributed by atoms with Gasteiger partial charge in [-0.25, -0.2) is 0 Å². The van der Waals surface area contributed by atoms with Crippen LogP contribution >= 0.6 is 15.9 Å². The van der Waals surface area contributed by atoms with Gasteiger partial charge in [0, 0.05) is 29.6 Å². The number of nitrogens with zero attached hydrogens (tertiary/aromatic N) is 3. The van der Waals surface area contributed by atoms with E-state index in [1.165, 1.54) is 0 Å². The van der Waals surface area contributed by atoms with Crippen molar-refractivity contribution >= 4 is 39.3 Å². The summed E-state index contributed by atoms with van der Waals surface area (Å²) >= 11 is 3.76. The fourth-order valence-corrected chi connectivity index (χ4v) is 8.15. The molecule has 0 aromatic heterocycles. The number of amides is 3. The molecule has 3 aliphatic rings. The van der Waals surface area contributed by atoms with E-state index in [2.05, 4.69) is 36.0 Å². The molecule has 0 aliphatic carbocycles. The minimum absolute atomic E-state index is 0.0820. The standard InChI is InChI=1S/C32H44BrN3O5/c1-7-13-21(6)34(16-8-2)31(40)28-32-18-23(33)27(41-32)25(26(32)30(39)36(28)24(19-37)20(4)5)29(38)35(17-9-3)22-14-11-10-12-15-22/h8-12,14-15,20-21,23-28,37H,2-3,7,13,16-19H2,1,4-6H3/t21?,23?,24-,25-,26-,27-,28?,32?/m0/s1. The molecule has 9 heteroatoms. The van der Waals surface area contributed by atoms with E-state index < -0.39 is 35.6 Å². The number of anilines is 1. The van der Waals surface area contributed by atoms with E-state index in [0.717, 1.165) is 12.8 Å². The van der Waals surface area contributed by atoms with E-state index in [1.54, 1.807) is 26.9 Å². The van der Waals surface area contributed by atoms with E-state index in [-0.39, 0.29) is 47.7 Å². The zero-order chi connectivity index (χ0) is 30.1. The van der Waals surface area contributed by atoms with E-state index in [9.17, 15) is 19.5 Å². The number of hydrogen-bond acceptors (Lipinski definition) is 5. The highest BCUT2D eigenvalue weighted by Gasteiger charge is 2.77. The predicted octanol–water partition coefficient (Wildman–Crippen LogP) is 4.17. The maximum atomic E-state index is 14.6. The number of ether oxygens (including phenoxy) is 1. The van der Waals surface area contributed by atoms with Crippen LogP contribution in [0, 0.1) is 17.8 Å². The van der Waals surface area contributed by atoms with E-state index in [1.807, 2.05) is 51.1 Å². The summed E-state index contributed by atoms with van der Waals surface area (Å²) in [5.41, 5.74) is -0.492. The molecule has 4 rings (SSSR count). The van der Waals surface area contributed by atoms with Gasteiger partial charge in [-0.15, -0.1) is 13.2 Å². The molecule has 3 fully saturated rings. The molecule has 3 amide bonds. The third-order valence-electron chi connectivity index (χ3n) is 9.05. The normalized spacial score (nSPS) is 29.8. The van der Waals surface area contributed by atoms with Crippen molar-refractivity contribution < 1.29 is 24.2 Å². The lowest BCUT2D eigenvalue weighted by molar-refractivity contribution is -0.153. The molecule has 3 saturated heterocycles.